The summed E-state index contributed by atoms with van der Waals surface area (Å²) in [6, 6.07) is 11.7. The van der Waals surface area contributed by atoms with Crippen LogP contribution in [0.15, 0.2) is 42.5 Å². The maximum absolute atomic E-state index is 11.8. The van der Waals surface area contributed by atoms with E-state index in [1.165, 1.54) is 0 Å². The summed E-state index contributed by atoms with van der Waals surface area (Å²) in [6.07, 6.45) is -0.212. The molecule has 0 aliphatic carbocycles. The number of esters is 1. The summed E-state index contributed by atoms with van der Waals surface area (Å²) in [5, 5.41) is 6.22. The fourth-order valence-electron chi connectivity index (χ4n) is 2.09. The Balaban J connectivity index is 1.69. The van der Waals surface area contributed by atoms with Crippen LogP contribution in [-0.4, -0.2) is 24.4 Å². The minimum absolute atomic E-state index is 0.0689. The van der Waals surface area contributed by atoms with Crippen molar-refractivity contribution < 1.29 is 19.1 Å². The van der Waals surface area contributed by atoms with Crippen molar-refractivity contribution in [3.8, 4) is 0 Å². The van der Waals surface area contributed by atoms with E-state index in [0.717, 1.165) is 5.56 Å². The molecule has 0 aliphatic heterocycles. The number of benzene rings is 2. The lowest BCUT2D eigenvalue weighted by atomic mass is 10.2. The lowest BCUT2D eigenvalue weighted by Gasteiger charge is -2.08. The predicted octanol–water partition coefficient (Wildman–Crippen LogP) is 4.20. The summed E-state index contributed by atoms with van der Waals surface area (Å²) >= 11 is 11.8. The second-order valence-corrected chi connectivity index (χ2v) is 6.57. The normalized spacial score (nSPS) is 10.2. The Morgan fingerprint density at radius 3 is 2.33 bits per heavy atom. The highest BCUT2D eigenvalue weighted by Gasteiger charge is 2.11. The standard InChI is InChI=1S/C19H18Cl2N2O4/c1-12-5-6-15(10-16(12)21)23-18(25)11-27-19(26)8-7-17(24)22-14-4-2-3-13(20)9-14/h2-6,9-10H,7-8,11H2,1H3,(H,22,24)(H,23,25). The van der Waals surface area contributed by atoms with Gasteiger partial charge in [-0.1, -0.05) is 35.3 Å². The summed E-state index contributed by atoms with van der Waals surface area (Å²) in [7, 11) is 0. The van der Waals surface area contributed by atoms with Crippen LogP contribution >= 0.6 is 23.2 Å². The molecule has 2 rings (SSSR count). The highest BCUT2D eigenvalue weighted by Crippen LogP contribution is 2.20. The van der Waals surface area contributed by atoms with Crippen LogP contribution in [-0.2, 0) is 19.1 Å². The number of carbonyl (C=O) groups is 3. The van der Waals surface area contributed by atoms with E-state index in [1.54, 1.807) is 42.5 Å². The Labute approximate surface area is 166 Å². The number of amides is 2. The summed E-state index contributed by atoms with van der Waals surface area (Å²) in [5.41, 5.74) is 1.93. The third-order valence-electron chi connectivity index (χ3n) is 3.48. The topological polar surface area (TPSA) is 84.5 Å². The molecule has 2 aromatic rings. The number of hydrogen-bond acceptors (Lipinski definition) is 4. The molecule has 0 saturated carbocycles. The van der Waals surface area contributed by atoms with Crippen molar-refractivity contribution >= 4 is 52.4 Å². The van der Waals surface area contributed by atoms with Gasteiger partial charge in [0, 0.05) is 27.8 Å². The molecule has 0 saturated heterocycles. The first kappa shape index (κ1) is 20.7. The van der Waals surface area contributed by atoms with Gasteiger partial charge in [0.05, 0.1) is 6.42 Å². The van der Waals surface area contributed by atoms with Gasteiger partial charge in [-0.05, 0) is 42.8 Å². The second-order valence-electron chi connectivity index (χ2n) is 5.73. The van der Waals surface area contributed by atoms with Gasteiger partial charge in [0.2, 0.25) is 5.91 Å². The molecule has 0 spiro atoms. The Kier molecular flexibility index (Phi) is 7.64. The molecule has 6 nitrogen and oxygen atoms in total. The van der Waals surface area contributed by atoms with E-state index in [4.69, 9.17) is 27.9 Å². The number of hydrogen-bond donors (Lipinski definition) is 2. The van der Waals surface area contributed by atoms with E-state index in [0.29, 0.717) is 21.4 Å². The zero-order valence-electron chi connectivity index (χ0n) is 14.6. The average molecular weight is 409 g/mol. The number of nitrogens with one attached hydrogen (secondary N) is 2. The molecule has 2 aromatic carbocycles. The van der Waals surface area contributed by atoms with Gasteiger partial charge in [-0.2, -0.15) is 0 Å². The molecule has 8 heteroatoms. The van der Waals surface area contributed by atoms with Gasteiger partial charge in [-0.3, -0.25) is 14.4 Å². The predicted molar refractivity (Wildman–Crippen MR) is 105 cm³/mol. The maximum atomic E-state index is 11.8. The van der Waals surface area contributed by atoms with Gasteiger partial charge in [0.25, 0.3) is 5.91 Å². The van der Waals surface area contributed by atoms with Crippen molar-refractivity contribution in [1.29, 1.82) is 0 Å². The Morgan fingerprint density at radius 2 is 1.63 bits per heavy atom. The van der Waals surface area contributed by atoms with E-state index in [2.05, 4.69) is 10.6 Å². The van der Waals surface area contributed by atoms with E-state index >= 15 is 0 Å². The molecule has 0 atom stereocenters. The molecule has 0 bridgehead atoms. The number of aryl methyl sites for hydroxylation is 1. The van der Waals surface area contributed by atoms with E-state index < -0.39 is 18.5 Å². The van der Waals surface area contributed by atoms with Gasteiger partial charge >= 0.3 is 5.97 Å². The van der Waals surface area contributed by atoms with Crippen molar-refractivity contribution in [2.75, 3.05) is 17.2 Å². The summed E-state index contributed by atoms with van der Waals surface area (Å²) < 4.78 is 4.86. The van der Waals surface area contributed by atoms with Crippen LogP contribution in [0.4, 0.5) is 11.4 Å². The van der Waals surface area contributed by atoms with Gasteiger partial charge < -0.3 is 15.4 Å². The van der Waals surface area contributed by atoms with E-state index in [1.807, 2.05) is 6.92 Å². The van der Waals surface area contributed by atoms with Crippen LogP contribution in [0, 0.1) is 6.92 Å². The smallest absolute Gasteiger partial charge is 0.306 e. The van der Waals surface area contributed by atoms with Crippen LogP contribution in [0.5, 0.6) is 0 Å². The molecule has 142 valence electrons. The van der Waals surface area contributed by atoms with Crippen molar-refractivity contribution in [2.24, 2.45) is 0 Å². The number of rotatable bonds is 7. The first-order valence-corrected chi connectivity index (χ1v) is 8.86. The van der Waals surface area contributed by atoms with Gasteiger partial charge in [0.1, 0.15) is 0 Å². The maximum Gasteiger partial charge on any atom is 0.306 e. The van der Waals surface area contributed by atoms with Crippen LogP contribution < -0.4 is 10.6 Å². The minimum atomic E-state index is -0.645. The Hall–Kier alpha value is -2.57. The average Bonchev–Trinajstić information content (AvgIpc) is 2.61. The highest BCUT2D eigenvalue weighted by molar-refractivity contribution is 6.31. The SMILES string of the molecule is Cc1ccc(NC(=O)COC(=O)CCC(=O)Nc2cccc(Cl)c2)cc1Cl. The summed E-state index contributed by atoms with van der Waals surface area (Å²) in [6.45, 7) is 1.40. The first-order valence-electron chi connectivity index (χ1n) is 8.10. The molecule has 0 aromatic heterocycles. The quantitative estimate of drug-likeness (QED) is 0.672. The monoisotopic (exact) mass is 408 g/mol. The molecule has 0 aliphatic rings. The molecule has 2 amide bonds. The molecular formula is C19H18Cl2N2O4. The van der Waals surface area contributed by atoms with Crippen LogP contribution in [0.3, 0.4) is 0 Å². The highest BCUT2D eigenvalue weighted by atomic mass is 35.5. The molecule has 0 radical (unpaired) electrons. The summed E-state index contributed by atoms with van der Waals surface area (Å²) in [4.78, 5) is 35.3. The van der Waals surface area contributed by atoms with Crippen molar-refractivity contribution in [1.82, 2.24) is 0 Å². The second kappa shape index (κ2) is 9.94. The molecule has 0 fully saturated rings. The fraction of sp³-hybridized carbons (Fsp3) is 0.211. The molecule has 2 N–H and O–H groups in total. The van der Waals surface area contributed by atoms with Crippen LogP contribution in [0.1, 0.15) is 18.4 Å². The van der Waals surface area contributed by atoms with Gasteiger partial charge in [-0.25, -0.2) is 0 Å². The molecule has 0 heterocycles. The lowest BCUT2D eigenvalue weighted by Crippen LogP contribution is -2.21. The lowest BCUT2D eigenvalue weighted by molar-refractivity contribution is -0.147. The molecular weight excluding hydrogens is 391 g/mol. The van der Waals surface area contributed by atoms with Crippen molar-refractivity contribution in [3.63, 3.8) is 0 Å². The van der Waals surface area contributed by atoms with Crippen LogP contribution in [0.25, 0.3) is 0 Å². The number of carbonyl (C=O) groups excluding carboxylic acids is 3. The van der Waals surface area contributed by atoms with E-state index in [-0.39, 0.29) is 18.7 Å². The fourth-order valence-corrected chi connectivity index (χ4v) is 2.46. The first-order chi connectivity index (χ1) is 12.8. The zero-order valence-corrected chi connectivity index (χ0v) is 16.1. The summed E-state index contributed by atoms with van der Waals surface area (Å²) in [5.74, 6) is -1.49. The van der Waals surface area contributed by atoms with Gasteiger partial charge in [-0.15, -0.1) is 0 Å². The number of anilines is 2. The Morgan fingerprint density at radius 1 is 0.926 bits per heavy atom. The molecule has 0 unspecified atom stereocenters. The zero-order chi connectivity index (χ0) is 19.8. The van der Waals surface area contributed by atoms with E-state index in [9.17, 15) is 14.4 Å². The Bertz CT molecular complexity index is 855. The number of halogens is 2. The minimum Gasteiger partial charge on any atom is -0.456 e. The van der Waals surface area contributed by atoms with Crippen molar-refractivity contribution in [2.45, 2.75) is 19.8 Å². The number of ether oxygens (including phenoxy) is 1. The third-order valence-corrected chi connectivity index (χ3v) is 4.13. The van der Waals surface area contributed by atoms with Crippen LogP contribution in [0.2, 0.25) is 10.0 Å². The van der Waals surface area contributed by atoms with Gasteiger partial charge in [0.15, 0.2) is 6.61 Å². The largest absolute Gasteiger partial charge is 0.456 e. The molecule has 27 heavy (non-hydrogen) atoms. The van der Waals surface area contributed by atoms with Crippen molar-refractivity contribution in [3.05, 3.63) is 58.1 Å². The third kappa shape index (κ3) is 7.29.